The molecule has 4 rings (SSSR count). The van der Waals surface area contributed by atoms with Gasteiger partial charge >= 0.3 is 0 Å². The van der Waals surface area contributed by atoms with Crippen molar-refractivity contribution in [1.29, 1.82) is 0 Å². The monoisotopic (exact) mass is 378 g/mol. The van der Waals surface area contributed by atoms with Gasteiger partial charge in [-0.15, -0.1) is 0 Å². The van der Waals surface area contributed by atoms with Crippen molar-refractivity contribution in [2.24, 2.45) is 4.99 Å². The van der Waals surface area contributed by atoms with E-state index in [1.54, 1.807) is 18.3 Å². The standard InChI is InChI=1S/C21H19FN4O2/c22-16-6-1-5-15(10-16)19-12-28-13-20(24-19)25-26-21(27)11-14-4-2-8-18-17(14)7-3-9-23-18/h1-10,19H,11-13H2,(H,24,25)(H,26,27)/t19-/m0/s1. The Balaban J connectivity index is 1.40. The molecule has 6 nitrogen and oxygen atoms in total. The fourth-order valence-corrected chi connectivity index (χ4v) is 3.16. The quantitative estimate of drug-likeness (QED) is 0.687. The van der Waals surface area contributed by atoms with Gasteiger partial charge in [-0.05, 0) is 35.4 Å². The van der Waals surface area contributed by atoms with Crippen LogP contribution in [-0.4, -0.2) is 29.9 Å². The van der Waals surface area contributed by atoms with Crippen LogP contribution in [0.15, 0.2) is 65.8 Å². The zero-order chi connectivity index (χ0) is 19.3. The molecule has 0 saturated carbocycles. The number of fused-ring (bicyclic) bond motifs is 1. The SMILES string of the molecule is O=C(Cc1cccc2ncccc12)NNC1=N[C@H](c2cccc(F)c2)COC1. The molecule has 0 bridgehead atoms. The third kappa shape index (κ3) is 4.15. The molecule has 7 heteroatoms. The first-order valence-electron chi connectivity index (χ1n) is 8.96. The summed E-state index contributed by atoms with van der Waals surface area (Å²) < 4.78 is 18.9. The van der Waals surface area contributed by atoms with Crippen molar-refractivity contribution in [3.05, 3.63) is 77.7 Å². The molecule has 28 heavy (non-hydrogen) atoms. The Morgan fingerprint density at radius 2 is 2.07 bits per heavy atom. The zero-order valence-electron chi connectivity index (χ0n) is 15.1. The van der Waals surface area contributed by atoms with E-state index in [0.717, 1.165) is 22.0 Å². The van der Waals surface area contributed by atoms with Gasteiger partial charge in [-0.1, -0.05) is 30.3 Å². The summed E-state index contributed by atoms with van der Waals surface area (Å²) >= 11 is 0. The van der Waals surface area contributed by atoms with Gasteiger partial charge in [0.05, 0.1) is 18.5 Å². The van der Waals surface area contributed by atoms with E-state index in [1.165, 1.54) is 12.1 Å². The van der Waals surface area contributed by atoms with E-state index in [9.17, 15) is 9.18 Å². The topological polar surface area (TPSA) is 75.6 Å². The van der Waals surface area contributed by atoms with Crippen LogP contribution in [0, 0.1) is 5.82 Å². The summed E-state index contributed by atoms with van der Waals surface area (Å²) in [7, 11) is 0. The molecule has 0 aliphatic carbocycles. The highest BCUT2D eigenvalue weighted by atomic mass is 19.1. The minimum atomic E-state index is -0.314. The normalized spacial score (nSPS) is 16.5. The minimum Gasteiger partial charge on any atom is -0.371 e. The Morgan fingerprint density at radius 3 is 2.96 bits per heavy atom. The number of carbonyl (C=O) groups excluding carboxylic acids is 1. The molecule has 142 valence electrons. The lowest BCUT2D eigenvalue weighted by Gasteiger charge is -2.22. The summed E-state index contributed by atoms with van der Waals surface area (Å²) in [5, 5.41) is 0.949. The van der Waals surface area contributed by atoms with Crippen molar-refractivity contribution in [3.63, 3.8) is 0 Å². The molecule has 0 spiro atoms. The molecule has 2 aromatic carbocycles. The van der Waals surface area contributed by atoms with E-state index in [2.05, 4.69) is 20.8 Å². The van der Waals surface area contributed by atoms with Gasteiger partial charge < -0.3 is 4.74 Å². The fourth-order valence-electron chi connectivity index (χ4n) is 3.16. The second-order valence-electron chi connectivity index (χ2n) is 6.50. The molecule has 2 N–H and O–H groups in total. The number of hydrazine groups is 1. The molecule has 1 aliphatic heterocycles. The van der Waals surface area contributed by atoms with Gasteiger partial charge in [-0.2, -0.15) is 0 Å². The van der Waals surface area contributed by atoms with E-state index in [4.69, 9.17) is 4.74 Å². The third-order valence-electron chi connectivity index (χ3n) is 4.49. The molecule has 0 radical (unpaired) electrons. The predicted molar refractivity (Wildman–Crippen MR) is 104 cm³/mol. The van der Waals surface area contributed by atoms with E-state index >= 15 is 0 Å². The van der Waals surface area contributed by atoms with E-state index in [0.29, 0.717) is 12.4 Å². The van der Waals surface area contributed by atoms with E-state index in [1.807, 2.05) is 30.3 Å². The molecular weight excluding hydrogens is 359 g/mol. The predicted octanol–water partition coefficient (Wildman–Crippen LogP) is 2.71. The summed E-state index contributed by atoms with van der Waals surface area (Å²) in [6, 6.07) is 15.5. The number of hydrogen-bond acceptors (Lipinski definition) is 5. The maximum Gasteiger partial charge on any atom is 0.242 e. The van der Waals surface area contributed by atoms with Gasteiger partial charge in [-0.25, -0.2) is 4.39 Å². The number of halogens is 1. The number of benzene rings is 2. The van der Waals surface area contributed by atoms with Crippen molar-refractivity contribution in [2.45, 2.75) is 12.5 Å². The van der Waals surface area contributed by atoms with Gasteiger partial charge in [0.1, 0.15) is 24.3 Å². The van der Waals surface area contributed by atoms with E-state index in [-0.39, 0.29) is 30.8 Å². The largest absolute Gasteiger partial charge is 0.371 e. The average Bonchev–Trinajstić information content (AvgIpc) is 2.73. The highest BCUT2D eigenvalue weighted by Crippen LogP contribution is 2.21. The molecule has 2 heterocycles. The number of nitrogens with zero attached hydrogens (tertiary/aromatic N) is 2. The maximum atomic E-state index is 13.4. The van der Waals surface area contributed by atoms with Gasteiger partial charge in [0, 0.05) is 11.6 Å². The van der Waals surface area contributed by atoms with Crippen LogP contribution in [0.3, 0.4) is 0 Å². The number of rotatable bonds is 3. The summed E-state index contributed by atoms with van der Waals surface area (Å²) in [4.78, 5) is 21.2. The Kier molecular flexibility index (Phi) is 5.25. The van der Waals surface area contributed by atoms with Gasteiger partial charge in [-0.3, -0.25) is 25.6 Å². The highest BCUT2D eigenvalue weighted by Gasteiger charge is 2.18. The maximum absolute atomic E-state index is 13.4. The van der Waals surface area contributed by atoms with Crippen LogP contribution < -0.4 is 10.9 Å². The Labute approximate surface area is 161 Å². The van der Waals surface area contributed by atoms with Crippen LogP contribution in [0.2, 0.25) is 0 Å². The van der Waals surface area contributed by atoms with Crippen LogP contribution in [0.1, 0.15) is 17.2 Å². The Hall–Kier alpha value is -3.32. The number of amidine groups is 1. The second kappa shape index (κ2) is 8.14. The summed E-state index contributed by atoms with van der Waals surface area (Å²) in [6.07, 6.45) is 1.93. The number of amides is 1. The molecule has 1 atom stereocenters. The van der Waals surface area contributed by atoms with Crippen LogP contribution in [0.4, 0.5) is 4.39 Å². The fraction of sp³-hybridized carbons (Fsp3) is 0.190. The lowest BCUT2D eigenvalue weighted by Crippen LogP contribution is -2.45. The molecule has 0 unspecified atom stereocenters. The van der Waals surface area contributed by atoms with Crippen LogP contribution in [-0.2, 0) is 16.0 Å². The molecule has 0 saturated heterocycles. The van der Waals surface area contributed by atoms with Crippen LogP contribution in [0.25, 0.3) is 10.9 Å². The van der Waals surface area contributed by atoms with Gasteiger partial charge in [0.2, 0.25) is 5.91 Å². The van der Waals surface area contributed by atoms with Crippen molar-refractivity contribution in [2.75, 3.05) is 13.2 Å². The number of ether oxygens (including phenoxy) is 1. The molecule has 3 aromatic rings. The lowest BCUT2D eigenvalue weighted by atomic mass is 10.1. The van der Waals surface area contributed by atoms with E-state index < -0.39 is 0 Å². The van der Waals surface area contributed by atoms with Gasteiger partial charge in [0.25, 0.3) is 0 Å². The number of aromatic nitrogens is 1. The molecule has 1 aromatic heterocycles. The minimum absolute atomic E-state index is 0.202. The number of carbonyl (C=O) groups is 1. The van der Waals surface area contributed by atoms with Crippen LogP contribution >= 0.6 is 0 Å². The lowest BCUT2D eigenvalue weighted by molar-refractivity contribution is -0.121. The first-order valence-corrected chi connectivity index (χ1v) is 8.96. The van der Waals surface area contributed by atoms with Crippen molar-refractivity contribution in [1.82, 2.24) is 15.8 Å². The van der Waals surface area contributed by atoms with Crippen molar-refractivity contribution < 1.29 is 13.9 Å². The first kappa shape index (κ1) is 18.1. The Morgan fingerprint density at radius 1 is 1.18 bits per heavy atom. The van der Waals surface area contributed by atoms with Crippen molar-refractivity contribution in [3.8, 4) is 0 Å². The molecule has 1 aliphatic rings. The first-order chi connectivity index (χ1) is 13.7. The average molecular weight is 378 g/mol. The van der Waals surface area contributed by atoms with Crippen molar-refractivity contribution >= 4 is 22.6 Å². The second-order valence-corrected chi connectivity index (χ2v) is 6.50. The molecule has 0 fully saturated rings. The van der Waals surface area contributed by atoms with Gasteiger partial charge in [0.15, 0.2) is 0 Å². The smallest absolute Gasteiger partial charge is 0.242 e. The summed E-state index contributed by atoms with van der Waals surface area (Å²) in [5.74, 6) is -0.0222. The zero-order valence-corrected chi connectivity index (χ0v) is 15.1. The summed E-state index contributed by atoms with van der Waals surface area (Å²) in [6.45, 7) is 0.621. The molecular formula is C21H19FN4O2. The highest BCUT2D eigenvalue weighted by molar-refractivity contribution is 5.90. The number of nitrogens with one attached hydrogen (secondary N) is 2. The summed E-state index contributed by atoms with van der Waals surface area (Å²) in [5.41, 5.74) is 7.95. The molecule has 1 amide bonds. The number of pyridine rings is 1. The number of hydrogen-bond donors (Lipinski definition) is 2. The third-order valence-corrected chi connectivity index (χ3v) is 4.49. The van der Waals surface area contributed by atoms with Crippen LogP contribution in [0.5, 0.6) is 0 Å². The number of aliphatic imine (C=N–C) groups is 1. The Bertz CT molecular complexity index is 1030.